The molecule has 0 aliphatic carbocycles. The molecule has 76 valence electrons. The van der Waals surface area contributed by atoms with Gasteiger partial charge in [-0.1, -0.05) is 0 Å². The van der Waals surface area contributed by atoms with Crippen LogP contribution < -0.4 is 0 Å². The van der Waals surface area contributed by atoms with Crippen molar-refractivity contribution in [2.75, 3.05) is 20.3 Å². The molecule has 0 bridgehead atoms. The molecule has 0 amide bonds. The average molecular weight is 190 g/mol. The number of allylic oxidation sites excluding steroid dienone is 1. The summed E-state index contributed by atoms with van der Waals surface area (Å²) in [5.41, 5.74) is 0. The lowest BCUT2D eigenvalue weighted by Crippen LogP contribution is -2.21. The van der Waals surface area contributed by atoms with E-state index in [4.69, 9.17) is 14.9 Å². The van der Waals surface area contributed by atoms with Crippen LogP contribution in [0.3, 0.4) is 0 Å². The Bertz CT molecular complexity index is 187. The Morgan fingerprint density at radius 1 is 1.62 bits per heavy atom. The molecule has 0 saturated heterocycles. The predicted molar refractivity (Wildman–Crippen MR) is 44.8 cm³/mol. The lowest BCUT2D eigenvalue weighted by atomic mass is 10.4. The number of hydrogen-bond acceptors (Lipinski definition) is 5. The maximum Gasteiger partial charge on any atom is 0.372 e. The number of aliphatic hydroxyl groups is 2. The van der Waals surface area contributed by atoms with Gasteiger partial charge in [0.15, 0.2) is 5.76 Å². The summed E-state index contributed by atoms with van der Waals surface area (Å²) < 4.78 is 9.27. The summed E-state index contributed by atoms with van der Waals surface area (Å²) >= 11 is 0. The highest BCUT2D eigenvalue weighted by Crippen LogP contribution is 2.00. The standard InChI is InChI=1S/C8H14O5/c1-3-7(8(11)12-2)13-5-6(10)4-9/h3,6,9-10H,4-5H2,1-2H3. The minimum absolute atomic E-state index is 0.0231. The van der Waals surface area contributed by atoms with Crippen LogP contribution in [0.1, 0.15) is 6.92 Å². The smallest absolute Gasteiger partial charge is 0.372 e. The summed E-state index contributed by atoms with van der Waals surface area (Å²) in [6.45, 7) is 1.07. The number of carbonyl (C=O) groups excluding carboxylic acids is 1. The third-order valence-electron chi connectivity index (χ3n) is 1.29. The molecule has 0 aromatic rings. The highest BCUT2D eigenvalue weighted by Gasteiger charge is 2.11. The molecule has 1 atom stereocenters. The Labute approximate surface area is 76.6 Å². The van der Waals surface area contributed by atoms with Gasteiger partial charge in [0.05, 0.1) is 13.7 Å². The molecule has 0 aromatic heterocycles. The summed E-state index contributed by atoms with van der Waals surface area (Å²) in [5.74, 6) is -0.581. The van der Waals surface area contributed by atoms with Crippen molar-refractivity contribution in [1.29, 1.82) is 0 Å². The molecule has 5 heteroatoms. The first kappa shape index (κ1) is 11.9. The van der Waals surface area contributed by atoms with Gasteiger partial charge in [-0.15, -0.1) is 0 Å². The van der Waals surface area contributed by atoms with Gasteiger partial charge in [-0.25, -0.2) is 4.79 Å². The van der Waals surface area contributed by atoms with Crippen LogP contribution in [0.4, 0.5) is 0 Å². The van der Waals surface area contributed by atoms with Crippen LogP contribution in [0, 0.1) is 0 Å². The van der Waals surface area contributed by atoms with Crippen molar-refractivity contribution >= 4 is 5.97 Å². The summed E-state index contributed by atoms with van der Waals surface area (Å²) in [5, 5.41) is 17.4. The molecular weight excluding hydrogens is 176 g/mol. The second-order valence-electron chi connectivity index (χ2n) is 2.29. The fourth-order valence-electron chi connectivity index (χ4n) is 0.599. The second-order valence-corrected chi connectivity index (χ2v) is 2.29. The third kappa shape index (κ3) is 4.49. The first-order chi connectivity index (χ1) is 6.15. The fourth-order valence-corrected chi connectivity index (χ4v) is 0.599. The Balaban J connectivity index is 3.94. The predicted octanol–water partition coefficient (Wildman–Crippen LogP) is -0.567. The number of carbonyl (C=O) groups is 1. The van der Waals surface area contributed by atoms with Gasteiger partial charge in [0.2, 0.25) is 0 Å². The molecule has 0 rings (SSSR count). The van der Waals surface area contributed by atoms with Crippen molar-refractivity contribution in [1.82, 2.24) is 0 Å². The molecule has 0 heterocycles. The number of ether oxygens (including phenoxy) is 2. The van der Waals surface area contributed by atoms with E-state index < -0.39 is 18.7 Å². The van der Waals surface area contributed by atoms with E-state index in [1.807, 2.05) is 0 Å². The van der Waals surface area contributed by atoms with Gasteiger partial charge in [-0.3, -0.25) is 0 Å². The molecule has 0 spiro atoms. The van der Waals surface area contributed by atoms with E-state index in [1.54, 1.807) is 6.92 Å². The molecule has 5 nitrogen and oxygen atoms in total. The van der Waals surface area contributed by atoms with Crippen molar-refractivity contribution in [2.45, 2.75) is 13.0 Å². The molecule has 13 heavy (non-hydrogen) atoms. The fraction of sp³-hybridized carbons (Fsp3) is 0.625. The highest BCUT2D eigenvalue weighted by molar-refractivity contribution is 5.85. The Hall–Kier alpha value is -1.07. The van der Waals surface area contributed by atoms with Crippen LogP contribution in [0.15, 0.2) is 11.8 Å². The SMILES string of the molecule is CC=C(OCC(O)CO)C(=O)OC. The van der Waals surface area contributed by atoms with Gasteiger partial charge in [0.1, 0.15) is 12.7 Å². The van der Waals surface area contributed by atoms with Gasteiger partial charge in [-0.2, -0.15) is 0 Å². The Morgan fingerprint density at radius 3 is 2.62 bits per heavy atom. The summed E-state index contributed by atoms with van der Waals surface area (Å²) in [4.78, 5) is 10.9. The first-order valence-corrected chi connectivity index (χ1v) is 3.82. The summed E-state index contributed by atoms with van der Waals surface area (Å²) in [7, 11) is 1.23. The van der Waals surface area contributed by atoms with Crippen LogP contribution in [0.5, 0.6) is 0 Å². The molecule has 0 aliphatic rings. The largest absolute Gasteiger partial charge is 0.484 e. The van der Waals surface area contributed by atoms with Gasteiger partial charge in [0.25, 0.3) is 0 Å². The molecule has 0 fully saturated rings. The van der Waals surface area contributed by atoms with Crippen molar-refractivity contribution in [2.24, 2.45) is 0 Å². The summed E-state index contributed by atoms with van der Waals surface area (Å²) in [6, 6.07) is 0. The Morgan fingerprint density at radius 2 is 2.23 bits per heavy atom. The van der Waals surface area contributed by atoms with E-state index in [0.29, 0.717) is 0 Å². The maximum atomic E-state index is 10.9. The average Bonchev–Trinajstić information content (AvgIpc) is 2.17. The normalized spacial score (nSPS) is 13.7. The first-order valence-electron chi connectivity index (χ1n) is 3.82. The van der Waals surface area contributed by atoms with E-state index in [1.165, 1.54) is 13.2 Å². The topological polar surface area (TPSA) is 76.0 Å². The third-order valence-corrected chi connectivity index (χ3v) is 1.29. The van der Waals surface area contributed by atoms with E-state index in [0.717, 1.165) is 0 Å². The number of rotatable bonds is 5. The zero-order chi connectivity index (χ0) is 10.3. The molecular formula is C8H14O5. The molecule has 0 aromatic carbocycles. The van der Waals surface area contributed by atoms with E-state index in [9.17, 15) is 4.79 Å². The Kier molecular flexibility index (Phi) is 5.92. The molecule has 0 aliphatic heterocycles. The highest BCUT2D eigenvalue weighted by atomic mass is 16.6. The van der Waals surface area contributed by atoms with Crippen molar-refractivity contribution in [3.8, 4) is 0 Å². The van der Waals surface area contributed by atoms with Gasteiger partial charge in [0, 0.05) is 0 Å². The maximum absolute atomic E-state index is 10.9. The van der Waals surface area contributed by atoms with Crippen LogP contribution in [0.25, 0.3) is 0 Å². The molecule has 0 radical (unpaired) electrons. The zero-order valence-corrected chi connectivity index (χ0v) is 7.69. The van der Waals surface area contributed by atoms with Crippen LogP contribution in [-0.2, 0) is 14.3 Å². The van der Waals surface area contributed by atoms with Gasteiger partial charge < -0.3 is 19.7 Å². The van der Waals surface area contributed by atoms with E-state index in [2.05, 4.69) is 4.74 Å². The van der Waals surface area contributed by atoms with Crippen LogP contribution >= 0.6 is 0 Å². The number of hydrogen-bond donors (Lipinski definition) is 2. The minimum Gasteiger partial charge on any atom is -0.484 e. The van der Waals surface area contributed by atoms with E-state index >= 15 is 0 Å². The molecule has 1 unspecified atom stereocenters. The van der Waals surface area contributed by atoms with Gasteiger partial charge in [-0.05, 0) is 13.0 Å². The lowest BCUT2D eigenvalue weighted by Gasteiger charge is -2.10. The van der Waals surface area contributed by atoms with Crippen LogP contribution in [-0.4, -0.2) is 42.6 Å². The quantitative estimate of drug-likeness (QED) is 0.345. The van der Waals surface area contributed by atoms with Crippen molar-refractivity contribution in [3.05, 3.63) is 11.8 Å². The van der Waals surface area contributed by atoms with Gasteiger partial charge >= 0.3 is 5.97 Å². The van der Waals surface area contributed by atoms with Crippen LogP contribution in [0.2, 0.25) is 0 Å². The number of esters is 1. The number of aliphatic hydroxyl groups excluding tert-OH is 2. The summed E-state index contributed by atoms with van der Waals surface area (Å²) in [6.07, 6.45) is 0.440. The van der Waals surface area contributed by atoms with Crippen molar-refractivity contribution < 1.29 is 24.5 Å². The monoisotopic (exact) mass is 190 g/mol. The lowest BCUT2D eigenvalue weighted by molar-refractivity contribution is -0.140. The second kappa shape index (κ2) is 6.45. The molecule has 0 saturated carbocycles. The minimum atomic E-state index is -0.986. The number of methoxy groups -OCH3 is 1. The molecule has 2 N–H and O–H groups in total. The zero-order valence-electron chi connectivity index (χ0n) is 7.69. The van der Waals surface area contributed by atoms with E-state index in [-0.39, 0.29) is 12.4 Å². The van der Waals surface area contributed by atoms with Crippen molar-refractivity contribution in [3.63, 3.8) is 0 Å².